The third-order valence-electron chi connectivity index (χ3n) is 4.60. The number of ether oxygens (including phenoxy) is 1. The Morgan fingerprint density at radius 3 is 2.35 bits per heavy atom. The molecule has 1 aliphatic rings. The number of methoxy groups -OCH3 is 1. The molecule has 0 saturated carbocycles. The molecule has 0 aliphatic carbocycles. The van der Waals surface area contributed by atoms with Crippen LogP contribution >= 0.6 is 0 Å². The molecule has 1 heterocycles. The van der Waals surface area contributed by atoms with E-state index in [-0.39, 0.29) is 11.4 Å². The van der Waals surface area contributed by atoms with Crippen LogP contribution in [-0.4, -0.2) is 35.4 Å². The van der Waals surface area contributed by atoms with Crippen LogP contribution in [0, 0.1) is 0 Å². The summed E-state index contributed by atoms with van der Waals surface area (Å²) in [6, 6.07) is 16.4. The van der Waals surface area contributed by atoms with E-state index in [1.807, 2.05) is 42.5 Å². The molecule has 134 valence electrons. The molecule has 5 nitrogen and oxygen atoms in total. The SMILES string of the molecule is COc1ccc([C@@H]2C(C(C)=O)=C(O)C(=O)N2CCc2ccccc2)cc1. The highest BCUT2D eigenvalue weighted by Gasteiger charge is 2.41. The van der Waals surface area contributed by atoms with Crippen molar-refractivity contribution in [1.82, 2.24) is 4.90 Å². The Bertz CT molecular complexity index is 840. The largest absolute Gasteiger partial charge is 0.503 e. The number of aliphatic hydroxyl groups is 1. The minimum absolute atomic E-state index is 0.147. The van der Waals surface area contributed by atoms with E-state index in [0.29, 0.717) is 18.7 Å². The number of ketones is 1. The highest BCUT2D eigenvalue weighted by molar-refractivity contribution is 6.08. The van der Waals surface area contributed by atoms with E-state index in [2.05, 4.69) is 0 Å². The smallest absolute Gasteiger partial charge is 0.290 e. The van der Waals surface area contributed by atoms with Gasteiger partial charge in [0.05, 0.1) is 18.7 Å². The number of hydrogen-bond donors (Lipinski definition) is 1. The van der Waals surface area contributed by atoms with Gasteiger partial charge < -0.3 is 14.7 Å². The van der Waals surface area contributed by atoms with Crippen LogP contribution in [-0.2, 0) is 16.0 Å². The number of aliphatic hydroxyl groups excluding tert-OH is 1. The lowest BCUT2D eigenvalue weighted by atomic mass is 9.96. The molecule has 0 unspecified atom stereocenters. The maximum atomic E-state index is 12.6. The highest BCUT2D eigenvalue weighted by atomic mass is 16.5. The topological polar surface area (TPSA) is 66.8 Å². The van der Waals surface area contributed by atoms with Gasteiger partial charge in [-0.25, -0.2) is 0 Å². The van der Waals surface area contributed by atoms with Gasteiger partial charge in [0.2, 0.25) is 0 Å². The quantitative estimate of drug-likeness (QED) is 0.868. The minimum atomic E-state index is -0.588. The molecule has 0 bridgehead atoms. The Balaban J connectivity index is 1.93. The van der Waals surface area contributed by atoms with Crippen molar-refractivity contribution in [2.45, 2.75) is 19.4 Å². The number of nitrogens with zero attached hydrogens (tertiary/aromatic N) is 1. The molecular formula is C21H21NO4. The van der Waals surface area contributed by atoms with Gasteiger partial charge in [-0.15, -0.1) is 0 Å². The second kappa shape index (κ2) is 7.44. The predicted molar refractivity (Wildman–Crippen MR) is 97.9 cm³/mol. The van der Waals surface area contributed by atoms with Crippen molar-refractivity contribution in [3.63, 3.8) is 0 Å². The fourth-order valence-electron chi connectivity index (χ4n) is 3.27. The van der Waals surface area contributed by atoms with Gasteiger partial charge in [0.1, 0.15) is 5.75 Å². The summed E-state index contributed by atoms with van der Waals surface area (Å²) in [4.78, 5) is 26.3. The van der Waals surface area contributed by atoms with Crippen molar-refractivity contribution >= 4 is 11.7 Å². The van der Waals surface area contributed by atoms with Crippen molar-refractivity contribution < 1.29 is 19.4 Å². The number of Topliss-reactive ketones (excluding diaryl/α,β-unsaturated/α-hetero) is 1. The fraction of sp³-hybridized carbons (Fsp3) is 0.238. The van der Waals surface area contributed by atoms with Crippen LogP contribution in [0.1, 0.15) is 24.1 Å². The number of benzene rings is 2. The van der Waals surface area contributed by atoms with E-state index in [0.717, 1.165) is 11.1 Å². The molecule has 26 heavy (non-hydrogen) atoms. The molecule has 1 amide bonds. The van der Waals surface area contributed by atoms with Crippen LogP contribution in [0.4, 0.5) is 0 Å². The van der Waals surface area contributed by atoms with Gasteiger partial charge in [0, 0.05) is 6.54 Å². The maximum Gasteiger partial charge on any atom is 0.290 e. The van der Waals surface area contributed by atoms with Gasteiger partial charge in [0.15, 0.2) is 11.5 Å². The molecule has 2 aromatic rings. The first-order valence-electron chi connectivity index (χ1n) is 8.46. The highest BCUT2D eigenvalue weighted by Crippen LogP contribution is 2.38. The van der Waals surface area contributed by atoms with Crippen LogP contribution in [0.3, 0.4) is 0 Å². The summed E-state index contributed by atoms with van der Waals surface area (Å²) in [5.74, 6) is -0.580. The zero-order valence-corrected chi connectivity index (χ0v) is 14.8. The summed E-state index contributed by atoms with van der Waals surface area (Å²) >= 11 is 0. The molecular weight excluding hydrogens is 330 g/mol. The molecule has 1 aliphatic heterocycles. The third-order valence-corrected chi connectivity index (χ3v) is 4.60. The van der Waals surface area contributed by atoms with Gasteiger partial charge in [-0.1, -0.05) is 42.5 Å². The van der Waals surface area contributed by atoms with Gasteiger partial charge in [0.25, 0.3) is 5.91 Å². The third kappa shape index (κ3) is 3.33. The Labute approximate surface area is 152 Å². The Kier molecular flexibility index (Phi) is 5.07. The maximum absolute atomic E-state index is 12.6. The zero-order chi connectivity index (χ0) is 18.7. The molecule has 3 rings (SSSR count). The molecule has 1 atom stereocenters. The number of hydrogen-bond acceptors (Lipinski definition) is 4. The normalized spacial score (nSPS) is 16.9. The minimum Gasteiger partial charge on any atom is -0.503 e. The number of rotatable bonds is 6. The molecule has 0 spiro atoms. The molecule has 1 N–H and O–H groups in total. The Morgan fingerprint density at radius 1 is 1.12 bits per heavy atom. The van der Waals surface area contributed by atoms with E-state index >= 15 is 0 Å². The first kappa shape index (κ1) is 17.7. The predicted octanol–water partition coefficient (Wildman–Crippen LogP) is 3.22. The Morgan fingerprint density at radius 2 is 1.77 bits per heavy atom. The second-order valence-electron chi connectivity index (χ2n) is 6.23. The van der Waals surface area contributed by atoms with Crippen LogP contribution < -0.4 is 4.74 Å². The molecule has 2 aromatic carbocycles. The van der Waals surface area contributed by atoms with Crippen molar-refractivity contribution in [2.24, 2.45) is 0 Å². The van der Waals surface area contributed by atoms with Crippen LogP contribution in [0.2, 0.25) is 0 Å². The summed E-state index contributed by atoms with van der Waals surface area (Å²) in [5, 5.41) is 10.3. The van der Waals surface area contributed by atoms with Crippen LogP contribution in [0.5, 0.6) is 5.75 Å². The van der Waals surface area contributed by atoms with Crippen molar-refractivity contribution in [2.75, 3.05) is 13.7 Å². The van der Waals surface area contributed by atoms with Gasteiger partial charge in [-0.3, -0.25) is 9.59 Å². The summed E-state index contributed by atoms with van der Waals surface area (Å²) in [5.41, 5.74) is 2.00. The number of amides is 1. The van der Waals surface area contributed by atoms with Gasteiger partial charge >= 0.3 is 0 Å². The molecule has 5 heteroatoms. The van der Waals surface area contributed by atoms with Gasteiger partial charge in [-0.2, -0.15) is 0 Å². The second-order valence-corrected chi connectivity index (χ2v) is 6.23. The van der Waals surface area contributed by atoms with Crippen molar-refractivity contribution in [1.29, 1.82) is 0 Å². The lowest BCUT2D eigenvalue weighted by Gasteiger charge is -2.26. The number of carbonyl (C=O) groups excluding carboxylic acids is 2. The Hall–Kier alpha value is -3.08. The van der Waals surface area contributed by atoms with E-state index in [4.69, 9.17) is 4.74 Å². The summed E-state index contributed by atoms with van der Waals surface area (Å²) in [6.07, 6.45) is 0.637. The first-order chi connectivity index (χ1) is 12.5. The number of carbonyl (C=O) groups is 2. The first-order valence-corrected chi connectivity index (χ1v) is 8.46. The van der Waals surface area contributed by atoms with E-state index in [1.165, 1.54) is 6.92 Å². The van der Waals surface area contributed by atoms with Crippen LogP contribution in [0.15, 0.2) is 65.9 Å². The zero-order valence-electron chi connectivity index (χ0n) is 14.8. The summed E-state index contributed by atoms with van der Waals surface area (Å²) in [6.45, 7) is 1.77. The summed E-state index contributed by atoms with van der Waals surface area (Å²) in [7, 11) is 1.58. The van der Waals surface area contributed by atoms with Crippen molar-refractivity contribution in [3.8, 4) is 5.75 Å². The molecule has 0 fully saturated rings. The molecule has 0 saturated heterocycles. The van der Waals surface area contributed by atoms with E-state index < -0.39 is 17.7 Å². The monoisotopic (exact) mass is 351 g/mol. The van der Waals surface area contributed by atoms with E-state index in [1.54, 1.807) is 24.1 Å². The van der Waals surface area contributed by atoms with E-state index in [9.17, 15) is 14.7 Å². The van der Waals surface area contributed by atoms with Gasteiger partial charge in [-0.05, 0) is 36.6 Å². The summed E-state index contributed by atoms with van der Waals surface area (Å²) < 4.78 is 5.17. The molecule has 0 radical (unpaired) electrons. The lowest BCUT2D eigenvalue weighted by molar-refractivity contribution is -0.129. The fourth-order valence-corrected chi connectivity index (χ4v) is 3.27. The van der Waals surface area contributed by atoms with Crippen LogP contribution in [0.25, 0.3) is 0 Å². The standard InChI is InChI=1S/C21H21NO4/c1-14(23)18-19(16-8-10-17(26-2)11-9-16)22(21(25)20(18)24)13-12-15-6-4-3-5-7-15/h3-11,19,24H,12-13H2,1-2H3/t19-/m1/s1. The molecule has 0 aromatic heterocycles. The average Bonchev–Trinajstić information content (AvgIpc) is 2.92. The van der Waals surface area contributed by atoms with Crippen molar-refractivity contribution in [3.05, 3.63) is 77.1 Å². The lowest BCUT2D eigenvalue weighted by Crippen LogP contribution is -2.32. The average molecular weight is 351 g/mol.